The zero-order valence-corrected chi connectivity index (χ0v) is 13.0. The second kappa shape index (κ2) is 6.67. The molecule has 0 bridgehead atoms. The molecule has 7 heteroatoms. The van der Waals surface area contributed by atoms with Crippen LogP contribution in [0.15, 0.2) is 42.7 Å². The van der Waals surface area contributed by atoms with E-state index in [1.807, 2.05) is 6.92 Å². The van der Waals surface area contributed by atoms with Gasteiger partial charge >= 0.3 is 0 Å². The second-order valence-corrected chi connectivity index (χ2v) is 5.15. The Morgan fingerprint density at radius 3 is 2.75 bits per heavy atom. The number of benzene rings is 1. The number of aryl methyl sites for hydroxylation is 1. The van der Waals surface area contributed by atoms with Crippen LogP contribution in [-0.4, -0.2) is 20.7 Å². The van der Waals surface area contributed by atoms with E-state index in [4.69, 9.17) is 9.94 Å². The van der Waals surface area contributed by atoms with Crippen molar-refractivity contribution in [3.05, 3.63) is 59.8 Å². The van der Waals surface area contributed by atoms with E-state index in [2.05, 4.69) is 4.98 Å². The number of hydroxylamine groups is 1. The molecule has 0 atom stereocenters. The van der Waals surface area contributed by atoms with E-state index < -0.39 is 5.91 Å². The summed E-state index contributed by atoms with van der Waals surface area (Å²) in [6, 6.07) is 7.42. The first-order valence-corrected chi connectivity index (χ1v) is 7.43. The van der Waals surface area contributed by atoms with E-state index in [-0.39, 0.29) is 12.4 Å². The first-order valence-electron chi connectivity index (χ1n) is 7.43. The summed E-state index contributed by atoms with van der Waals surface area (Å²) in [4.78, 5) is 16.2. The van der Waals surface area contributed by atoms with Crippen molar-refractivity contribution in [1.82, 2.24) is 15.0 Å². The van der Waals surface area contributed by atoms with Crippen LogP contribution in [0.25, 0.3) is 10.9 Å². The SMILES string of the molecule is CCn1c(C(=O)NO)c(COc2ccc(F)cc2)c2cnccc21. The Kier molecular flexibility index (Phi) is 4.43. The highest BCUT2D eigenvalue weighted by atomic mass is 19.1. The van der Waals surface area contributed by atoms with Crippen molar-refractivity contribution in [1.29, 1.82) is 0 Å². The molecule has 2 N–H and O–H groups in total. The van der Waals surface area contributed by atoms with Crippen molar-refractivity contribution in [2.24, 2.45) is 0 Å². The predicted octanol–water partition coefficient (Wildman–Crippen LogP) is 2.89. The lowest BCUT2D eigenvalue weighted by Gasteiger charge is -2.09. The number of halogens is 1. The summed E-state index contributed by atoms with van der Waals surface area (Å²) in [5.74, 6) is -0.492. The number of ether oxygens (including phenoxy) is 1. The van der Waals surface area contributed by atoms with Crippen LogP contribution in [-0.2, 0) is 13.2 Å². The Bertz CT molecular complexity index is 875. The fourth-order valence-corrected chi connectivity index (χ4v) is 2.74. The molecular formula is C17H16FN3O3. The molecule has 0 saturated heterocycles. The van der Waals surface area contributed by atoms with E-state index in [1.54, 1.807) is 28.5 Å². The quantitative estimate of drug-likeness (QED) is 0.557. The maximum absolute atomic E-state index is 13.0. The molecule has 1 aromatic carbocycles. The highest BCUT2D eigenvalue weighted by Crippen LogP contribution is 2.27. The van der Waals surface area contributed by atoms with Gasteiger partial charge in [0, 0.05) is 29.9 Å². The van der Waals surface area contributed by atoms with Crippen LogP contribution in [0.1, 0.15) is 23.0 Å². The van der Waals surface area contributed by atoms with Gasteiger partial charge in [-0.2, -0.15) is 0 Å². The van der Waals surface area contributed by atoms with Crippen molar-refractivity contribution < 1.29 is 19.1 Å². The van der Waals surface area contributed by atoms with E-state index in [0.29, 0.717) is 23.6 Å². The van der Waals surface area contributed by atoms with Crippen molar-refractivity contribution in [2.75, 3.05) is 0 Å². The van der Waals surface area contributed by atoms with E-state index in [9.17, 15) is 9.18 Å². The molecule has 0 fully saturated rings. The molecule has 124 valence electrons. The van der Waals surface area contributed by atoms with Crippen molar-refractivity contribution in [3.8, 4) is 5.75 Å². The molecule has 1 amide bonds. The summed E-state index contributed by atoms with van der Waals surface area (Å²) in [5.41, 5.74) is 3.42. The Morgan fingerprint density at radius 2 is 2.08 bits per heavy atom. The second-order valence-electron chi connectivity index (χ2n) is 5.15. The Morgan fingerprint density at radius 1 is 1.33 bits per heavy atom. The molecule has 6 nitrogen and oxygen atoms in total. The summed E-state index contributed by atoms with van der Waals surface area (Å²) in [7, 11) is 0. The number of carbonyl (C=O) groups is 1. The maximum atomic E-state index is 13.0. The number of hydrogen-bond donors (Lipinski definition) is 2. The highest BCUT2D eigenvalue weighted by molar-refractivity contribution is 6.01. The molecule has 0 unspecified atom stereocenters. The molecule has 0 saturated carbocycles. The lowest BCUT2D eigenvalue weighted by molar-refractivity contribution is 0.0694. The first-order chi connectivity index (χ1) is 11.7. The summed E-state index contributed by atoms with van der Waals surface area (Å²) < 4.78 is 20.4. The number of fused-ring (bicyclic) bond motifs is 1. The fraction of sp³-hybridized carbons (Fsp3) is 0.176. The van der Waals surface area contributed by atoms with Gasteiger partial charge in [0.15, 0.2) is 0 Å². The molecule has 0 radical (unpaired) electrons. The lowest BCUT2D eigenvalue weighted by atomic mass is 10.1. The predicted molar refractivity (Wildman–Crippen MR) is 85.4 cm³/mol. The van der Waals surface area contributed by atoms with E-state index >= 15 is 0 Å². The number of rotatable bonds is 5. The number of nitrogens with zero attached hydrogens (tertiary/aromatic N) is 2. The zero-order valence-electron chi connectivity index (χ0n) is 13.0. The van der Waals surface area contributed by atoms with Gasteiger partial charge in [-0.05, 0) is 37.3 Å². The van der Waals surface area contributed by atoms with Gasteiger partial charge in [-0.3, -0.25) is 15.0 Å². The number of nitrogens with one attached hydrogen (secondary N) is 1. The summed E-state index contributed by atoms with van der Waals surface area (Å²) in [6.45, 7) is 2.53. The Labute approximate surface area is 137 Å². The van der Waals surface area contributed by atoms with Gasteiger partial charge in [0.2, 0.25) is 0 Å². The molecular weight excluding hydrogens is 313 g/mol. The number of carbonyl (C=O) groups excluding carboxylic acids is 1. The number of amides is 1. The Hall–Kier alpha value is -2.93. The minimum atomic E-state index is -0.620. The van der Waals surface area contributed by atoms with Crippen LogP contribution in [0.5, 0.6) is 5.75 Å². The Balaban J connectivity index is 2.04. The third-order valence-electron chi connectivity index (χ3n) is 3.80. The highest BCUT2D eigenvalue weighted by Gasteiger charge is 2.22. The first kappa shape index (κ1) is 15.9. The topological polar surface area (TPSA) is 76.4 Å². The molecule has 24 heavy (non-hydrogen) atoms. The monoisotopic (exact) mass is 329 g/mol. The van der Waals surface area contributed by atoms with Gasteiger partial charge in [-0.25, -0.2) is 9.87 Å². The zero-order chi connectivity index (χ0) is 17.1. The van der Waals surface area contributed by atoms with Crippen LogP contribution >= 0.6 is 0 Å². The average Bonchev–Trinajstić information content (AvgIpc) is 2.94. The minimum Gasteiger partial charge on any atom is -0.489 e. The van der Waals surface area contributed by atoms with Crippen molar-refractivity contribution >= 4 is 16.8 Å². The molecule has 2 aromatic heterocycles. The standard InChI is InChI=1S/C17H16FN3O3/c1-2-21-15-7-8-19-9-13(15)14(16(21)17(22)20-23)10-24-12-5-3-11(18)4-6-12/h3-9,23H,2,10H2,1H3,(H,20,22). The van der Waals surface area contributed by atoms with Crippen LogP contribution in [0.3, 0.4) is 0 Å². The van der Waals surface area contributed by atoms with Gasteiger partial charge in [-0.1, -0.05) is 0 Å². The largest absolute Gasteiger partial charge is 0.489 e. The number of aromatic nitrogens is 2. The number of pyridine rings is 1. The number of hydrogen-bond acceptors (Lipinski definition) is 4. The molecule has 3 aromatic rings. The van der Waals surface area contributed by atoms with Crippen molar-refractivity contribution in [3.63, 3.8) is 0 Å². The van der Waals surface area contributed by atoms with Gasteiger partial charge < -0.3 is 9.30 Å². The van der Waals surface area contributed by atoms with Gasteiger partial charge in [-0.15, -0.1) is 0 Å². The minimum absolute atomic E-state index is 0.0869. The van der Waals surface area contributed by atoms with Crippen LogP contribution in [0.2, 0.25) is 0 Å². The van der Waals surface area contributed by atoms with Crippen LogP contribution in [0.4, 0.5) is 4.39 Å². The summed E-state index contributed by atoms with van der Waals surface area (Å²) in [5, 5.41) is 9.83. The maximum Gasteiger partial charge on any atom is 0.291 e. The fourth-order valence-electron chi connectivity index (χ4n) is 2.74. The lowest BCUT2D eigenvalue weighted by Crippen LogP contribution is -2.24. The third-order valence-corrected chi connectivity index (χ3v) is 3.80. The normalized spacial score (nSPS) is 10.8. The third kappa shape index (κ3) is 2.81. The molecule has 0 aliphatic heterocycles. The molecule has 3 rings (SSSR count). The van der Waals surface area contributed by atoms with Gasteiger partial charge in [0.05, 0.1) is 5.52 Å². The molecule has 0 aliphatic rings. The molecule has 0 spiro atoms. The smallest absolute Gasteiger partial charge is 0.291 e. The van der Waals surface area contributed by atoms with Crippen molar-refractivity contribution in [2.45, 2.75) is 20.1 Å². The molecule has 2 heterocycles. The van der Waals surface area contributed by atoms with Crippen LogP contribution < -0.4 is 10.2 Å². The van der Waals surface area contributed by atoms with Gasteiger partial charge in [0.25, 0.3) is 5.91 Å². The molecule has 0 aliphatic carbocycles. The van der Waals surface area contributed by atoms with Gasteiger partial charge in [0.1, 0.15) is 23.9 Å². The summed E-state index contributed by atoms with van der Waals surface area (Å²) >= 11 is 0. The van der Waals surface area contributed by atoms with E-state index in [1.165, 1.54) is 24.3 Å². The van der Waals surface area contributed by atoms with E-state index in [0.717, 1.165) is 10.9 Å². The average molecular weight is 329 g/mol. The van der Waals surface area contributed by atoms with Crippen LogP contribution in [0, 0.1) is 5.82 Å². The summed E-state index contributed by atoms with van der Waals surface area (Å²) in [6.07, 6.45) is 3.29.